The first-order chi connectivity index (χ1) is 16.7. The Morgan fingerprint density at radius 3 is 2.00 bits per heavy atom. The molecule has 182 valence electrons. The van der Waals surface area contributed by atoms with Crippen LogP contribution in [0.4, 0.5) is 4.39 Å². The van der Waals surface area contributed by atoms with E-state index in [4.69, 9.17) is 4.74 Å². The summed E-state index contributed by atoms with van der Waals surface area (Å²) in [5, 5.41) is 0. The van der Waals surface area contributed by atoms with Gasteiger partial charge in [0, 0.05) is 23.5 Å². The SMILES string of the molecule is CCCCCCCC(F)COc1ccc(-c2cnc(-c3ccc(CCCCC)cc3)nc2)cc1. The zero-order valence-electron chi connectivity index (χ0n) is 20.8. The lowest BCUT2D eigenvalue weighted by Crippen LogP contribution is -2.12. The number of hydrogen-bond donors (Lipinski definition) is 0. The second-order valence-electron chi connectivity index (χ2n) is 9.08. The van der Waals surface area contributed by atoms with Crippen LogP contribution in [0.25, 0.3) is 22.5 Å². The van der Waals surface area contributed by atoms with Crippen molar-refractivity contribution in [3.05, 3.63) is 66.5 Å². The van der Waals surface area contributed by atoms with Gasteiger partial charge in [0.15, 0.2) is 5.82 Å². The van der Waals surface area contributed by atoms with Crippen molar-refractivity contribution < 1.29 is 9.13 Å². The minimum absolute atomic E-state index is 0.113. The second kappa shape index (κ2) is 14.5. The topological polar surface area (TPSA) is 35.0 Å². The van der Waals surface area contributed by atoms with Gasteiger partial charge in [-0.2, -0.15) is 0 Å². The van der Waals surface area contributed by atoms with Crippen LogP contribution in [0.15, 0.2) is 60.9 Å². The van der Waals surface area contributed by atoms with Crippen LogP contribution in [0, 0.1) is 0 Å². The summed E-state index contributed by atoms with van der Waals surface area (Å²) in [5.74, 6) is 1.42. The minimum Gasteiger partial charge on any atom is -0.491 e. The van der Waals surface area contributed by atoms with Gasteiger partial charge >= 0.3 is 0 Å². The molecule has 0 bridgehead atoms. The summed E-state index contributed by atoms with van der Waals surface area (Å²) in [6.07, 6.45) is 13.9. The molecule has 0 radical (unpaired) electrons. The zero-order chi connectivity index (χ0) is 24.0. The minimum atomic E-state index is -0.910. The van der Waals surface area contributed by atoms with Gasteiger partial charge in [-0.05, 0) is 42.5 Å². The van der Waals surface area contributed by atoms with E-state index in [2.05, 4.69) is 48.1 Å². The molecule has 4 heteroatoms. The van der Waals surface area contributed by atoms with Gasteiger partial charge in [0.1, 0.15) is 18.5 Å². The molecule has 0 saturated carbocycles. The van der Waals surface area contributed by atoms with E-state index in [-0.39, 0.29) is 6.61 Å². The van der Waals surface area contributed by atoms with E-state index in [1.54, 1.807) is 0 Å². The number of benzene rings is 2. The third-order valence-corrected chi connectivity index (χ3v) is 6.17. The molecule has 0 aliphatic rings. The van der Waals surface area contributed by atoms with E-state index in [0.717, 1.165) is 41.8 Å². The van der Waals surface area contributed by atoms with Gasteiger partial charge in [-0.15, -0.1) is 0 Å². The monoisotopic (exact) mass is 462 g/mol. The Hall–Kier alpha value is -2.75. The van der Waals surface area contributed by atoms with Crippen molar-refractivity contribution >= 4 is 0 Å². The lowest BCUT2D eigenvalue weighted by Gasteiger charge is -2.11. The number of halogens is 1. The Morgan fingerprint density at radius 2 is 1.32 bits per heavy atom. The lowest BCUT2D eigenvalue weighted by molar-refractivity contribution is 0.184. The van der Waals surface area contributed by atoms with Crippen LogP contribution < -0.4 is 4.74 Å². The Kier molecular flexibility index (Phi) is 11.0. The Morgan fingerprint density at radius 1 is 0.706 bits per heavy atom. The summed E-state index contributed by atoms with van der Waals surface area (Å²) in [6.45, 7) is 4.53. The average molecular weight is 463 g/mol. The van der Waals surface area contributed by atoms with E-state index in [1.165, 1.54) is 44.1 Å². The molecule has 0 amide bonds. The van der Waals surface area contributed by atoms with Gasteiger partial charge in [0.2, 0.25) is 0 Å². The number of nitrogens with zero attached hydrogens (tertiary/aromatic N) is 2. The van der Waals surface area contributed by atoms with E-state index in [1.807, 2.05) is 36.7 Å². The normalized spacial score (nSPS) is 12.0. The molecule has 0 spiro atoms. The number of aromatic nitrogens is 2. The number of alkyl halides is 1. The number of ether oxygens (including phenoxy) is 1. The third kappa shape index (κ3) is 8.55. The first kappa shape index (κ1) is 25.9. The molecule has 0 N–H and O–H groups in total. The fourth-order valence-electron chi connectivity index (χ4n) is 4.01. The van der Waals surface area contributed by atoms with Gasteiger partial charge < -0.3 is 4.74 Å². The van der Waals surface area contributed by atoms with Crippen LogP contribution >= 0.6 is 0 Å². The molecule has 1 heterocycles. The van der Waals surface area contributed by atoms with Crippen LogP contribution in [0.2, 0.25) is 0 Å². The predicted molar refractivity (Wildman–Crippen MR) is 140 cm³/mol. The number of aryl methyl sites for hydroxylation is 1. The van der Waals surface area contributed by atoms with E-state index >= 15 is 0 Å². The van der Waals surface area contributed by atoms with Gasteiger partial charge in [0.05, 0.1) is 0 Å². The van der Waals surface area contributed by atoms with Gasteiger partial charge in [-0.3, -0.25) is 0 Å². The smallest absolute Gasteiger partial charge is 0.159 e. The van der Waals surface area contributed by atoms with Crippen molar-refractivity contribution in [2.45, 2.75) is 84.2 Å². The highest BCUT2D eigenvalue weighted by atomic mass is 19.1. The largest absolute Gasteiger partial charge is 0.491 e. The molecule has 34 heavy (non-hydrogen) atoms. The first-order valence-electron chi connectivity index (χ1n) is 13.0. The number of hydrogen-bond acceptors (Lipinski definition) is 3. The Bertz CT molecular complexity index is 939. The quantitative estimate of drug-likeness (QED) is 0.212. The molecule has 3 aromatic rings. The van der Waals surface area contributed by atoms with Crippen molar-refractivity contribution in [1.82, 2.24) is 9.97 Å². The summed E-state index contributed by atoms with van der Waals surface area (Å²) >= 11 is 0. The molecule has 1 aromatic heterocycles. The van der Waals surface area contributed by atoms with Crippen LogP contribution in [0.3, 0.4) is 0 Å². The highest BCUT2D eigenvalue weighted by Crippen LogP contribution is 2.24. The Balaban J connectivity index is 1.48. The van der Waals surface area contributed by atoms with Crippen LogP contribution in [-0.4, -0.2) is 22.7 Å². The van der Waals surface area contributed by atoms with Gasteiger partial charge in [-0.1, -0.05) is 95.2 Å². The highest BCUT2D eigenvalue weighted by molar-refractivity contribution is 5.64. The van der Waals surface area contributed by atoms with Crippen molar-refractivity contribution in [1.29, 1.82) is 0 Å². The summed E-state index contributed by atoms with van der Waals surface area (Å²) < 4.78 is 19.7. The highest BCUT2D eigenvalue weighted by Gasteiger charge is 2.08. The predicted octanol–water partition coefficient (Wildman–Crippen LogP) is 8.62. The molecule has 2 aromatic carbocycles. The molecule has 3 rings (SSSR count). The van der Waals surface area contributed by atoms with Crippen molar-refractivity contribution in [2.24, 2.45) is 0 Å². The molecule has 0 aliphatic heterocycles. The molecule has 0 fully saturated rings. The van der Waals surface area contributed by atoms with Crippen molar-refractivity contribution in [3.63, 3.8) is 0 Å². The summed E-state index contributed by atoms with van der Waals surface area (Å²) in [7, 11) is 0. The van der Waals surface area contributed by atoms with E-state index in [9.17, 15) is 4.39 Å². The fraction of sp³-hybridized carbons (Fsp3) is 0.467. The standard InChI is InChI=1S/C30H39FN2O/c1-3-5-7-8-10-12-28(31)23-34-29-19-17-25(18-20-29)27-21-32-30(33-22-27)26-15-13-24(14-16-26)11-9-6-4-2/h13-22,28H,3-12,23H2,1-2H3. The maximum Gasteiger partial charge on any atom is 0.159 e. The zero-order valence-corrected chi connectivity index (χ0v) is 20.8. The lowest BCUT2D eigenvalue weighted by atomic mass is 10.0. The van der Waals surface area contributed by atoms with Crippen molar-refractivity contribution in [3.8, 4) is 28.3 Å². The van der Waals surface area contributed by atoms with Gasteiger partial charge in [-0.25, -0.2) is 14.4 Å². The maximum absolute atomic E-state index is 14.1. The van der Waals surface area contributed by atoms with E-state index < -0.39 is 6.17 Å². The molecule has 0 aliphatic carbocycles. The maximum atomic E-state index is 14.1. The first-order valence-corrected chi connectivity index (χ1v) is 13.0. The van der Waals surface area contributed by atoms with Crippen molar-refractivity contribution in [2.75, 3.05) is 6.61 Å². The fourth-order valence-corrected chi connectivity index (χ4v) is 4.01. The summed E-state index contributed by atoms with van der Waals surface area (Å²) in [6, 6.07) is 16.3. The van der Waals surface area contributed by atoms with Crippen LogP contribution in [0.1, 0.15) is 77.2 Å². The molecule has 1 atom stereocenters. The number of unbranched alkanes of at least 4 members (excludes halogenated alkanes) is 6. The summed E-state index contributed by atoms with van der Waals surface area (Å²) in [4.78, 5) is 9.13. The molecular formula is C30H39FN2O. The molecular weight excluding hydrogens is 423 g/mol. The molecule has 3 nitrogen and oxygen atoms in total. The van der Waals surface area contributed by atoms with Crippen LogP contribution in [-0.2, 0) is 6.42 Å². The second-order valence-corrected chi connectivity index (χ2v) is 9.08. The number of rotatable bonds is 15. The average Bonchev–Trinajstić information content (AvgIpc) is 2.88. The van der Waals surface area contributed by atoms with Crippen LogP contribution in [0.5, 0.6) is 5.75 Å². The molecule has 1 unspecified atom stereocenters. The molecule has 0 saturated heterocycles. The van der Waals surface area contributed by atoms with Gasteiger partial charge in [0.25, 0.3) is 0 Å². The van der Waals surface area contributed by atoms with E-state index in [0.29, 0.717) is 12.2 Å². The summed E-state index contributed by atoms with van der Waals surface area (Å²) in [5.41, 5.74) is 4.35. The Labute approximate surface area is 204 Å². The third-order valence-electron chi connectivity index (χ3n) is 6.17.